The molecule has 0 unspecified atom stereocenters. The van der Waals surface area contributed by atoms with Gasteiger partial charge >= 0.3 is 0 Å². The molecule has 0 fully saturated rings. The number of amides is 2. The van der Waals surface area contributed by atoms with Crippen molar-refractivity contribution < 1.29 is 22.4 Å². The van der Waals surface area contributed by atoms with Gasteiger partial charge in [-0.05, 0) is 57.5 Å². The van der Waals surface area contributed by atoms with E-state index in [-0.39, 0.29) is 17.3 Å². The molecule has 0 bridgehead atoms. The van der Waals surface area contributed by atoms with Crippen molar-refractivity contribution in [3.63, 3.8) is 0 Å². The lowest BCUT2D eigenvalue weighted by molar-refractivity contribution is -0.140. The maximum absolute atomic E-state index is 13.6. The van der Waals surface area contributed by atoms with E-state index in [0.717, 1.165) is 22.7 Å². The maximum Gasteiger partial charge on any atom is 0.244 e. The Morgan fingerprint density at radius 3 is 2.24 bits per heavy atom. The van der Waals surface area contributed by atoms with Crippen molar-refractivity contribution in [3.8, 4) is 0 Å². The van der Waals surface area contributed by atoms with E-state index in [4.69, 9.17) is 23.2 Å². The topological polar surface area (TPSA) is 86.8 Å². The molecule has 1 atom stereocenters. The second-order valence-electron chi connectivity index (χ2n) is 8.90. The highest BCUT2D eigenvalue weighted by Gasteiger charge is 2.31. The van der Waals surface area contributed by atoms with E-state index in [1.54, 1.807) is 31.2 Å². The van der Waals surface area contributed by atoms with E-state index < -0.39 is 45.8 Å². The number of halogens is 3. The van der Waals surface area contributed by atoms with Crippen LogP contribution in [0.4, 0.5) is 10.1 Å². The first kappa shape index (κ1) is 27.9. The minimum absolute atomic E-state index is 0.0201. The fraction of sp³-hybridized carbons (Fsp3) is 0.391. The van der Waals surface area contributed by atoms with Gasteiger partial charge in [0, 0.05) is 17.1 Å². The maximum atomic E-state index is 13.6. The van der Waals surface area contributed by atoms with Gasteiger partial charge in [-0.3, -0.25) is 13.9 Å². The quantitative estimate of drug-likeness (QED) is 0.552. The van der Waals surface area contributed by atoms with Crippen LogP contribution in [-0.2, 0) is 26.2 Å². The Kier molecular flexibility index (Phi) is 8.96. The molecule has 0 radical (unpaired) electrons. The molecule has 7 nitrogen and oxygen atoms in total. The van der Waals surface area contributed by atoms with E-state index in [1.807, 2.05) is 20.8 Å². The lowest BCUT2D eigenvalue weighted by Gasteiger charge is -2.33. The van der Waals surface area contributed by atoms with Crippen LogP contribution in [0.3, 0.4) is 0 Å². The second kappa shape index (κ2) is 10.9. The number of carbonyl (C=O) groups excluding carboxylic acids is 2. The van der Waals surface area contributed by atoms with E-state index in [9.17, 15) is 22.4 Å². The molecule has 0 aliphatic heterocycles. The summed E-state index contributed by atoms with van der Waals surface area (Å²) in [6.45, 7) is 6.32. The highest BCUT2D eigenvalue weighted by Crippen LogP contribution is 2.25. The summed E-state index contributed by atoms with van der Waals surface area (Å²) in [4.78, 5) is 27.6. The van der Waals surface area contributed by atoms with Crippen LogP contribution in [0.5, 0.6) is 0 Å². The van der Waals surface area contributed by atoms with Gasteiger partial charge in [0.05, 0.1) is 17.0 Å². The Hall–Kier alpha value is -2.36. The lowest BCUT2D eigenvalue weighted by Crippen LogP contribution is -2.54. The van der Waals surface area contributed by atoms with E-state index >= 15 is 0 Å². The molecule has 34 heavy (non-hydrogen) atoms. The van der Waals surface area contributed by atoms with Crippen molar-refractivity contribution in [2.45, 2.75) is 45.8 Å². The molecule has 2 amide bonds. The van der Waals surface area contributed by atoms with Crippen LogP contribution in [0.1, 0.15) is 33.3 Å². The third-order valence-electron chi connectivity index (χ3n) is 4.83. The number of sulfonamides is 1. The summed E-state index contributed by atoms with van der Waals surface area (Å²) >= 11 is 12.1. The van der Waals surface area contributed by atoms with Crippen molar-refractivity contribution in [3.05, 3.63) is 63.9 Å². The summed E-state index contributed by atoms with van der Waals surface area (Å²) in [5, 5.41) is 2.94. The molecule has 2 aromatic carbocycles. The van der Waals surface area contributed by atoms with E-state index in [0.29, 0.717) is 10.6 Å². The van der Waals surface area contributed by atoms with Crippen LogP contribution in [0.25, 0.3) is 0 Å². The average Bonchev–Trinajstić information content (AvgIpc) is 2.70. The van der Waals surface area contributed by atoms with Crippen LogP contribution in [-0.4, -0.2) is 49.5 Å². The first-order valence-corrected chi connectivity index (χ1v) is 13.0. The first-order chi connectivity index (χ1) is 15.6. The minimum Gasteiger partial charge on any atom is -0.350 e. The number of nitrogens with zero attached hydrogens (tertiary/aromatic N) is 2. The smallest absolute Gasteiger partial charge is 0.244 e. The highest BCUT2D eigenvalue weighted by atomic mass is 35.5. The average molecular weight is 532 g/mol. The van der Waals surface area contributed by atoms with Crippen molar-refractivity contribution in [2.24, 2.45) is 0 Å². The summed E-state index contributed by atoms with van der Waals surface area (Å²) in [6.07, 6.45) is 0.922. The van der Waals surface area contributed by atoms with Crippen LogP contribution in [0, 0.1) is 5.82 Å². The molecule has 186 valence electrons. The molecule has 0 aliphatic rings. The molecule has 2 aromatic rings. The number of benzene rings is 2. The normalized spacial score (nSPS) is 12.7. The van der Waals surface area contributed by atoms with Crippen molar-refractivity contribution in [1.82, 2.24) is 10.2 Å². The Bertz CT molecular complexity index is 1170. The predicted octanol–water partition coefficient (Wildman–Crippen LogP) is 4.23. The summed E-state index contributed by atoms with van der Waals surface area (Å²) < 4.78 is 39.5. The Morgan fingerprint density at radius 1 is 1.09 bits per heavy atom. The van der Waals surface area contributed by atoms with Crippen molar-refractivity contribution >= 4 is 50.7 Å². The standard InChI is InChI=1S/C23H28Cl2FN3O4S/c1-15(22(31)27-23(2,3)4)28(13-16-8-6-7-9-18(16)24)21(30)14-29(34(5,32)33)17-10-11-20(26)19(25)12-17/h6-12,15H,13-14H2,1-5H3,(H,27,31)/t15-/m0/s1. The molecule has 1 N–H and O–H groups in total. The number of carbonyl (C=O) groups is 2. The van der Waals surface area contributed by atoms with Gasteiger partial charge in [-0.2, -0.15) is 0 Å². The molecular formula is C23H28Cl2FN3O4S. The fourth-order valence-corrected chi connectivity index (χ4v) is 4.33. The van der Waals surface area contributed by atoms with Gasteiger partial charge in [-0.15, -0.1) is 0 Å². The molecule has 0 saturated carbocycles. The van der Waals surface area contributed by atoms with Gasteiger partial charge in [0.25, 0.3) is 0 Å². The van der Waals surface area contributed by atoms with Crippen LogP contribution in [0.2, 0.25) is 10.0 Å². The van der Waals surface area contributed by atoms with Gasteiger partial charge < -0.3 is 10.2 Å². The number of hydrogen-bond acceptors (Lipinski definition) is 4. The molecule has 0 heterocycles. The molecule has 0 saturated heterocycles. The Morgan fingerprint density at radius 2 is 1.71 bits per heavy atom. The molecule has 11 heteroatoms. The third-order valence-corrected chi connectivity index (χ3v) is 6.63. The SMILES string of the molecule is C[C@@H](C(=O)NC(C)(C)C)N(Cc1ccccc1Cl)C(=O)CN(c1ccc(F)c(Cl)c1)S(C)(=O)=O. The monoisotopic (exact) mass is 531 g/mol. The van der Waals surface area contributed by atoms with Crippen LogP contribution in [0.15, 0.2) is 42.5 Å². The Labute approximate surface area is 209 Å². The highest BCUT2D eigenvalue weighted by molar-refractivity contribution is 7.92. The molecule has 2 rings (SSSR count). The summed E-state index contributed by atoms with van der Waals surface area (Å²) in [6, 6.07) is 9.25. The van der Waals surface area contributed by atoms with Gasteiger partial charge in [0.2, 0.25) is 21.8 Å². The number of hydrogen-bond donors (Lipinski definition) is 1. The fourth-order valence-electron chi connectivity index (χ4n) is 3.12. The molecule has 0 aromatic heterocycles. The predicted molar refractivity (Wildman–Crippen MR) is 133 cm³/mol. The lowest BCUT2D eigenvalue weighted by atomic mass is 10.1. The summed E-state index contributed by atoms with van der Waals surface area (Å²) in [7, 11) is -3.95. The van der Waals surface area contributed by atoms with E-state index in [2.05, 4.69) is 5.32 Å². The second-order valence-corrected chi connectivity index (χ2v) is 11.6. The van der Waals surface area contributed by atoms with Crippen molar-refractivity contribution in [1.29, 1.82) is 0 Å². The molecular weight excluding hydrogens is 504 g/mol. The van der Waals surface area contributed by atoms with Crippen LogP contribution < -0.4 is 9.62 Å². The van der Waals surface area contributed by atoms with Gasteiger partial charge in [0.15, 0.2) is 0 Å². The molecule has 0 aliphatic carbocycles. The zero-order valence-corrected chi connectivity index (χ0v) is 21.9. The van der Waals surface area contributed by atoms with Crippen molar-refractivity contribution in [2.75, 3.05) is 17.1 Å². The minimum atomic E-state index is -3.95. The Balaban J connectivity index is 2.44. The number of nitrogens with one attached hydrogen (secondary N) is 1. The zero-order chi connectivity index (χ0) is 25.8. The summed E-state index contributed by atoms with van der Waals surface area (Å²) in [5.74, 6) is -1.79. The third kappa shape index (κ3) is 7.58. The first-order valence-electron chi connectivity index (χ1n) is 10.4. The van der Waals surface area contributed by atoms with Gasteiger partial charge in [-0.1, -0.05) is 41.4 Å². The number of anilines is 1. The zero-order valence-electron chi connectivity index (χ0n) is 19.6. The number of rotatable bonds is 8. The van der Waals surface area contributed by atoms with Gasteiger partial charge in [-0.25, -0.2) is 12.8 Å². The summed E-state index contributed by atoms with van der Waals surface area (Å²) in [5.41, 5.74) is 0.0593. The van der Waals surface area contributed by atoms with Gasteiger partial charge in [0.1, 0.15) is 18.4 Å². The van der Waals surface area contributed by atoms with E-state index in [1.165, 1.54) is 11.0 Å². The molecule has 0 spiro atoms. The largest absolute Gasteiger partial charge is 0.350 e. The van der Waals surface area contributed by atoms with Crippen LogP contribution >= 0.6 is 23.2 Å².